The predicted molar refractivity (Wildman–Crippen MR) is 105 cm³/mol. The Bertz CT molecular complexity index is 781. The number of aliphatic imine (C=N–C) groups is 2. The summed E-state index contributed by atoms with van der Waals surface area (Å²) in [5.41, 5.74) is 1.87. The molecule has 0 radical (unpaired) electrons. The van der Waals surface area contributed by atoms with Crippen LogP contribution in [-0.2, 0) is 4.74 Å². The molecule has 1 aromatic carbocycles. The van der Waals surface area contributed by atoms with E-state index in [9.17, 15) is 0 Å². The van der Waals surface area contributed by atoms with Crippen molar-refractivity contribution in [2.24, 2.45) is 15.4 Å². The van der Waals surface area contributed by atoms with E-state index < -0.39 is 0 Å². The lowest BCUT2D eigenvalue weighted by Gasteiger charge is -2.26. The number of pyridine rings is 1. The zero-order chi connectivity index (χ0) is 17.9. The van der Waals surface area contributed by atoms with Crippen LogP contribution >= 0.6 is 15.9 Å². The first-order valence-electron chi connectivity index (χ1n) is 8.34. The van der Waals surface area contributed by atoms with E-state index in [0.29, 0.717) is 12.5 Å². The van der Waals surface area contributed by atoms with Gasteiger partial charge in [0, 0.05) is 6.21 Å². The minimum absolute atomic E-state index is 0.0419. The molecule has 1 aliphatic rings. The fourth-order valence-corrected chi connectivity index (χ4v) is 3.05. The van der Waals surface area contributed by atoms with Crippen LogP contribution in [0.1, 0.15) is 38.1 Å². The Hall–Kier alpha value is -2.01. The molecular formula is C20H22BrN3O. The first kappa shape index (κ1) is 17.8. The predicted octanol–water partition coefficient (Wildman–Crippen LogP) is 4.85. The topological polar surface area (TPSA) is 46.8 Å². The van der Waals surface area contributed by atoms with Crippen molar-refractivity contribution in [3.05, 3.63) is 64.4 Å². The minimum Gasteiger partial charge on any atom is -0.477 e. The van der Waals surface area contributed by atoms with E-state index in [4.69, 9.17) is 14.7 Å². The maximum atomic E-state index is 5.93. The number of nitrogens with zero attached hydrogens (tertiary/aromatic N) is 3. The van der Waals surface area contributed by atoms with Crippen molar-refractivity contribution < 1.29 is 4.74 Å². The van der Waals surface area contributed by atoms with Crippen LogP contribution in [0.25, 0.3) is 0 Å². The molecule has 2 aromatic rings. The van der Waals surface area contributed by atoms with Crippen LogP contribution in [0, 0.1) is 5.41 Å². The van der Waals surface area contributed by atoms with Gasteiger partial charge in [-0.3, -0.25) is 4.99 Å². The molecule has 0 N–H and O–H groups in total. The molecule has 0 saturated heterocycles. The van der Waals surface area contributed by atoms with Crippen LogP contribution in [0.15, 0.2) is 63.1 Å². The summed E-state index contributed by atoms with van der Waals surface area (Å²) >= 11 is 3.39. The second kappa shape index (κ2) is 7.48. The van der Waals surface area contributed by atoms with Crippen molar-refractivity contribution in [1.82, 2.24) is 4.98 Å². The van der Waals surface area contributed by atoms with E-state index >= 15 is 0 Å². The molecule has 3 rings (SSSR count). The van der Waals surface area contributed by atoms with Crippen molar-refractivity contribution in [2.75, 3.05) is 6.61 Å². The maximum absolute atomic E-state index is 5.93. The first-order valence-corrected chi connectivity index (χ1v) is 9.14. The monoisotopic (exact) mass is 399 g/mol. The largest absolute Gasteiger partial charge is 0.477 e. The van der Waals surface area contributed by atoms with Gasteiger partial charge in [0.15, 0.2) is 0 Å². The van der Waals surface area contributed by atoms with Gasteiger partial charge in [-0.1, -0.05) is 57.2 Å². The summed E-state index contributed by atoms with van der Waals surface area (Å²) in [5.74, 6) is 0.701. The molecule has 0 fully saturated rings. The Morgan fingerprint density at radius 2 is 1.92 bits per heavy atom. The van der Waals surface area contributed by atoms with E-state index in [-0.39, 0.29) is 17.5 Å². The molecule has 4 nitrogen and oxygen atoms in total. The van der Waals surface area contributed by atoms with Gasteiger partial charge in [-0.2, -0.15) is 0 Å². The van der Waals surface area contributed by atoms with Crippen molar-refractivity contribution >= 4 is 28.0 Å². The highest BCUT2D eigenvalue weighted by atomic mass is 79.9. The van der Waals surface area contributed by atoms with Crippen LogP contribution in [-0.4, -0.2) is 29.7 Å². The van der Waals surface area contributed by atoms with Gasteiger partial charge in [0.25, 0.3) is 0 Å². The highest BCUT2D eigenvalue weighted by molar-refractivity contribution is 9.10. The van der Waals surface area contributed by atoms with Crippen LogP contribution in [0.5, 0.6) is 0 Å². The molecule has 0 saturated carbocycles. The molecule has 0 unspecified atom stereocenters. The summed E-state index contributed by atoms with van der Waals surface area (Å²) in [4.78, 5) is 14.0. The smallest absolute Gasteiger partial charge is 0.210 e. The number of hydrogen-bond donors (Lipinski definition) is 0. The van der Waals surface area contributed by atoms with Gasteiger partial charge in [0.1, 0.15) is 23.3 Å². The van der Waals surface area contributed by atoms with Crippen LogP contribution in [0.2, 0.25) is 0 Å². The molecule has 1 aliphatic heterocycles. The lowest BCUT2D eigenvalue weighted by molar-refractivity contribution is 0.277. The fourth-order valence-electron chi connectivity index (χ4n) is 2.69. The fraction of sp³-hybridized carbons (Fsp3) is 0.350. The molecule has 1 aromatic heterocycles. The Morgan fingerprint density at radius 1 is 1.16 bits per heavy atom. The summed E-state index contributed by atoms with van der Waals surface area (Å²) in [7, 11) is 0. The summed E-state index contributed by atoms with van der Waals surface area (Å²) < 4.78 is 6.72. The molecule has 2 atom stereocenters. The third-order valence-corrected chi connectivity index (χ3v) is 4.44. The molecule has 0 aliphatic carbocycles. The van der Waals surface area contributed by atoms with Gasteiger partial charge < -0.3 is 4.74 Å². The Morgan fingerprint density at radius 3 is 2.60 bits per heavy atom. The van der Waals surface area contributed by atoms with Gasteiger partial charge in [-0.05, 0) is 39.0 Å². The van der Waals surface area contributed by atoms with Crippen molar-refractivity contribution in [3.63, 3.8) is 0 Å². The van der Waals surface area contributed by atoms with Gasteiger partial charge >= 0.3 is 0 Å². The zero-order valence-electron chi connectivity index (χ0n) is 14.7. The van der Waals surface area contributed by atoms with Crippen molar-refractivity contribution in [3.8, 4) is 0 Å². The highest BCUT2D eigenvalue weighted by Gasteiger charge is 2.34. The second-order valence-corrected chi connectivity index (χ2v) is 7.95. The first-order chi connectivity index (χ1) is 11.9. The highest BCUT2D eigenvalue weighted by Crippen LogP contribution is 2.30. The lowest BCUT2D eigenvalue weighted by atomic mass is 9.87. The Labute approximate surface area is 157 Å². The molecule has 25 heavy (non-hydrogen) atoms. The summed E-state index contributed by atoms with van der Waals surface area (Å²) in [6, 6.07) is 15.9. The number of aromatic nitrogens is 1. The lowest BCUT2D eigenvalue weighted by Crippen LogP contribution is -2.33. The van der Waals surface area contributed by atoms with Gasteiger partial charge in [-0.25, -0.2) is 9.98 Å². The molecule has 5 heteroatoms. The van der Waals surface area contributed by atoms with Gasteiger partial charge in [0.2, 0.25) is 5.90 Å². The maximum Gasteiger partial charge on any atom is 0.210 e. The summed E-state index contributed by atoms with van der Waals surface area (Å²) in [6.45, 7) is 7.00. The Kier molecular flexibility index (Phi) is 5.33. The van der Waals surface area contributed by atoms with Crippen molar-refractivity contribution in [1.29, 1.82) is 0 Å². The molecule has 0 amide bonds. The van der Waals surface area contributed by atoms with Gasteiger partial charge in [0.05, 0.1) is 5.69 Å². The normalized spacial score (nSPS) is 18.9. The van der Waals surface area contributed by atoms with E-state index in [0.717, 1.165) is 10.3 Å². The number of hydrogen-bond acceptors (Lipinski definition) is 4. The zero-order valence-corrected chi connectivity index (χ0v) is 16.3. The second-order valence-electron chi connectivity index (χ2n) is 7.14. The number of halogens is 1. The average molecular weight is 400 g/mol. The standard InChI is InChI=1S/C20H22BrN3O/c1-20(2,3)18(22-12-15-10-7-11-17(21)23-15)19-24-16(13-25-19)14-8-5-4-6-9-14/h4-12,16,18H,13H2,1-3H3/b22-12+/t16-,18+/m0/s1. The van der Waals surface area contributed by atoms with E-state index in [1.165, 1.54) is 5.56 Å². The van der Waals surface area contributed by atoms with E-state index in [2.05, 4.69) is 53.8 Å². The molecule has 130 valence electrons. The average Bonchev–Trinajstić information content (AvgIpc) is 3.04. The third kappa shape index (κ3) is 4.54. The molecular weight excluding hydrogens is 378 g/mol. The van der Waals surface area contributed by atoms with E-state index in [1.807, 2.05) is 36.4 Å². The SMILES string of the molecule is CC(C)(C)[C@H](/N=C/c1cccc(Br)n1)C1=N[C@H](c2ccccc2)CO1. The van der Waals surface area contributed by atoms with Crippen LogP contribution in [0.3, 0.4) is 0 Å². The Balaban J connectivity index is 1.84. The third-order valence-electron chi connectivity index (χ3n) is 4.00. The van der Waals surface area contributed by atoms with Gasteiger partial charge in [-0.15, -0.1) is 0 Å². The molecule has 2 heterocycles. The number of rotatable bonds is 4. The number of ether oxygens (including phenoxy) is 1. The minimum atomic E-state index is -0.151. The molecule has 0 spiro atoms. The quantitative estimate of drug-likeness (QED) is 0.544. The summed E-state index contributed by atoms with van der Waals surface area (Å²) in [5, 5.41) is 0. The molecule has 0 bridgehead atoms. The van der Waals surface area contributed by atoms with Crippen molar-refractivity contribution in [2.45, 2.75) is 32.9 Å². The van der Waals surface area contributed by atoms with E-state index in [1.54, 1.807) is 6.21 Å². The number of benzene rings is 1. The van der Waals surface area contributed by atoms with Crippen LogP contribution < -0.4 is 0 Å². The summed E-state index contributed by atoms with van der Waals surface area (Å²) in [6.07, 6.45) is 1.79. The van der Waals surface area contributed by atoms with Crippen LogP contribution in [0.4, 0.5) is 0 Å².